The lowest BCUT2D eigenvalue weighted by molar-refractivity contribution is 0.100. The fourth-order valence-electron chi connectivity index (χ4n) is 3.08. The molecule has 2 atom stereocenters. The largest absolute Gasteiger partial charge is 0.384 e. The number of amides is 1. The number of primary amides is 1. The minimum Gasteiger partial charge on any atom is -0.384 e. The molecule has 0 aromatic carbocycles. The Morgan fingerprint density at radius 2 is 1.95 bits per heavy atom. The van der Waals surface area contributed by atoms with Crippen LogP contribution < -0.4 is 16.8 Å². The number of nitrogen functional groups attached to an aromatic ring is 1. The van der Waals surface area contributed by atoms with Crippen LogP contribution in [-0.4, -0.2) is 16.9 Å². The average molecular weight is 262 g/mol. The van der Waals surface area contributed by atoms with Crippen molar-refractivity contribution in [2.45, 2.75) is 39.2 Å². The summed E-state index contributed by atoms with van der Waals surface area (Å²) in [4.78, 5) is 15.5. The number of pyridine rings is 1. The van der Waals surface area contributed by atoms with Gasteiger partial charge in [0.15, 0.2) is 0 Å². The summed E-state index contributed by atoms with van der Waals surface area (Å²) >= 11 is 0. The molecule has 19 heavy (non-hydrogen) atoms. The number of anilines is 2. The summed E-state index contributed by atoms with van der Waals surface area (Å²) < 4.78 is 0. The van der Waals surface area contributed by atoms with Gasteiger partial charge in [0.1, 0.15) is 5.82 Å². The third-order valence-electron chi connectivity index (χ3n) is 3.73. The summed E-state index contributed by atoms with van der Waals surface area (Å²) in [5.41, 5.74) is 12.1. The van der Waals surface area contributed by atoms with Gasteiger partial charge < -0.3 is 16.8 Å². The highest BCUT2D eigenvalue weighted by Crippen LogP contribution is 2.31. The van der Waals surface area contributed by atoms with Crippen molar-refractivity contribution in [1.29, 1.82) is 0 Å². The Labute approximate surface area is 113 Å². The molecule has 5 N–H and O–H groups in total. The first-order valence-electron chi connectivity index (χ1n) is 6.77. The number of nitrogens with two attached hydrogens (primary N) is 2. The van der Waals surface area contributed by atoms with Crippen molar-refractivity contribution >= 4 is 17.4 Å². The van der Waals surface area contributed by atoms with E-state index in [4.69, 9.17) is 11.5 Å². The molecule has 1 aromatic heterocycles. The second-order valence-electron chi connectivity index (χ2n) is 5.78. The fraction of sp³-hybridized carbons (Fsp3) is 0.571. The third kappa shape index (κ3) is 3.36. The highest BCUT2D eigenvalue weighted by atomic mass is 16.1. The molecule has 0 bridgehead atoms. The summed E-state index contributed by atoms with van der Waals surface area (Å²) in [6.07, 6.45) is 5.07. The zero-order valence-electron chi connectivity index (χ0n) is 11.5. The van der Waals surface area contributed by atoms with Crippen LogP contribution in [0.15, 0.2) is 12.3 Å². The highest BCUT2D eigenvalue weighted by molar-refractivity contribution is 5.99. The van der Waals surface area contributed by atoms with Crippen LogP contribution in [0, 0.1) is 11.8 Å². The smallest absolute Gasteiger partial charge is 0.250 e. The minimum absolute atomic E-state index is 0.310. The van der Waals surface area contributed by atoms with Gasteiger partial charge in [0, 0.05) is 6.04 Å². The predicted molar refractivity (Wildman–Crippen MR) is 76.8 cm³/mol. The third-order valence-corrected chi connectivity index (χ3v) is 3.73. The molecular weight excluding hydrogens is 240 g/mol. The van der Waals surface area contributed by atoms with E-state index in [1.54, 1.807) is 6.20 Å². The molecule has 1 fully saturated rings. The lowest BCUT2D eigenvalue weighted by Crippen LogP contribution is -2.31. The molecule has 2 rings (SSSR count). The molecule has 1 aromatic rings. The van der Waals surface area contributed by atoms with Gasteiger partial charge in [0.25, 0.3) is 5.91 Å². The summed E-state index contributed by atoms with van der Waals surface area (Å²) in [6.45, 7) is 4.53. The zero-order valence-corrected chi connectivity index (χ0v) is 11.5. The molecular formula is C14H22N4O. The molecule has 1 saturated carbocycles. The van der Waals surface area contributed by atoms with Crippen molar-refractivity contribution in [2.75, 3.05) is 11.1 Å². The van der Waals surface area contributed by atoms with Crippen molar-refractivity contribution in [2.24, 2.45) is 17.6 Å². The van der Waals surface area contributed by atoms with Crippen LogP contribution in [-0.2, 0) is 0 Å². The Bertz CT molecular complexity index is 465. The van der Waals surface area contributed by atoms with Crippen molar-refractivity contribution in [3.05, 3.63) is 17.8 Å². The van der Waals surface area contributed by atoms with Crippen LogP contribution in [0.2, 0.25) is 0 Å². The Hall–Kier alpha value is -1.78. The number of carbonyl (C=O) groups is 1. The van der Waals surface area contributed by atoms with E-state index in [2.05, 4.69) is 24.1 Å². The fourth-order valence-corrected chi connectivity index (χ4v) is 3.08. The van der Waals surface area contributed by atoms with Crippen LogP contribution in [0.5, 0.6) is 0 Å². The molecule has 1 aliphatic rings. The SMILES string of the molecule is CC1CC(C)CC(Nc2cnc(N)cc2C(N)=O)C1. The van der Waals surface area contributed by atoms with Crippen molar-refractivity contribution in [3.8, 4) is 0 Å². The summed E-state index contributed by atoms with van der Waals surface area (Å²) in [6, 6.07) is 1.89. The van der Waals surface area contributed by atoms with E-state index in [1.807, 2.05) is 0 Å². The molecule has 0 saturated heterocycles. The minimum atomic E-state index is -0.478. The highest BCUT2D eigenvalue weighted by Gasteiger charge is 2.24. The number of aromatic nitrogens is 1. The maximum atomic E-state index is 11.4. The Kier molecular flexibility index (Phi) is 3.93. The van der Waals surface area contributed by atoms with Gasteiger partial charge in [-0.1, -0.05) is 13.8 Å². The normalized spacial score (nSPS) is 26.9. The van der Waals surface area contributed by atoms with Gasteiger partial charge in [-0.2, -0.15) is 0 Å². The lowest BCUT2D eigenvalue weighted by Gasteiger charge is -2.32. The topological polar surface area (TPSA) is 94.0 Å². The van der Waals surface area contributed by atoms with Crippen LogP contribution in [0.1, 0.15) is 43.5 Å². The van der Waals surface area contributed by atoms with E-state index in [0.29, 0.717) is 34.9 Å². The number of hydrogen-bond donors (Lipinski definition) is 3. The number of rotatable bonds is 3. The van der Waals surface area contributed by atoms with Gasteiger partial charge in [-0.3, -0.25) is 4.79 Å². The standard InChI is InChI=1S/C14H22N4O/c1-8-3-9(2)5-10(4-8)18-12-7-17-13(15)6-11(12)14(16)19/h6-10,18H,3-5H2,1-2H3,(H2,15,17)(H2,16,19). The Morgan fingerprint density at radius 3 is 2.53 bits per heavy atom. The number of hydrogen-bond acceptors (Lipinski definition) is 4. The Morgan fingerprint density at radius 1 is 1.32 bits per heavy atom. The van der Waals surface area contributed by atoms with Gasteiger partial charge in [0.2, 0.25) is 0 Å². The van der Waals surface area contributed by atoms with E-state index in [1.165, 1.54) is 12.5 Å². The van der Waals surface area contributed by atoms with Crippen LogP contribution in [0.25, 0.3) is 0 Å². The van der Waals surface area contributed by atoms with Gasteiger partial charge in [-0.05, 0) is 37.2 Å². The summed E-state index contributed by atoms with van der Waals surface area (Å²) in [5.74, 6) is 1.22. The summed E-state index contributed by atoms with van der Waals surface area (Å²) in [7, 11) is 0. The van der Waals surface area contributed by atoms with Gasteiger partial charge in [0.05, 0.1) is 17.4 Å². The van der Waals surface area contributed by atoms with Crippen molar-refractivity contribution < 1.29 is 4.79 Å². The molecule has 104 valence electrons. The van der Waals surface area contributed by atoms with Gasteiger partial charge in [-0.15, -0.1) is 0 Å². The zero-order chi connectivity index (χ0) is 14.0. The average Bonchev–Trinajstić information content (AvgIpc) is 2.30. The molecule has 5 heteroatoms. The van der Waals surface area contributed by atoms with E-state index < -0.39 is 5.91 Å². The van der Waals surface area contributed by atoms with Crippen LogP contribution in [0.3, 0.4) is 0 Å². The van der Waals surface area contributed by atoms with E-state index in [9.17, 15) is 4.79 Å². The molecule has 1 heterocycles. The molecule has 1 amide bonds. The van der Waals surface area contributed by atoms with Crippen LogP contribution >= 0.6 is 0 Å². The van der Waals surface area contributed by atoms with Crippen molar-refractivity contribution in [3.63, 3.8) is 0 Å². The first-order valence-corrected chi connectivity index (χ1v) is 6.77. The molecule has 1 aliphatic carbocycles. The number of nitrogens with zero attached hydrogens (tertiary/aromatic N) is 1. The lowest BCUT2D eigenvalue weighted by atomic mass is 9.80. The second-order valence-corrected chi connectivity index (χ2v) is 5.78. The molecule has 0 radical (unpaired) electrons. The van der Waals surface area contributed by atoms with E-state index in [-0.39, 0.29) is 0 Å². The second kappa shape index (κ2) is 5.47. The molecule has 0 spiro atoms. The number of carbonyl (C=O) groups excluding carboxylic acids is 1. The predicted octanol–water partition coefficient (Wildman–Crippen LogP) is 2.00. The van der Waals surface area contributed by atoms with Gasteiger partial charge in [-0.25, -0.2) is 4.98 Å². The van der Waals surface area contributed by atoms with E-state index in [0.717, 1.165) is 12.8 Å². The van der Waals surface area contributed by atoms with Gasteiger partial charge >= 0.3 is 0 Å². The Balaban J connectivity index is 2.16. The summed E-state index contributed by atoms with van der Waals surface area (Å²) in [5, 5.41) is 3.40. The first-order chi connectivity index (χ1) is 8.95. The maximum absolute atomic E-state index is 11.4. The molecule has 5 nitrogen and oxygen atoms in total. The number of nitrogens with one attached hydrogen (secondary N) is 1. The molecule has 0 aliphatic heterocycles. The maximum Gasteiger partial charge on any atom is 0.250 e. The monoisotopic (exact) mass is 262 g/mol. The molecule has 2 unspecified atom stereocenters. The van der Waals surface area contributed by atoms with Crippen molar-refractivity contribution in [1.82, 2.24) is 4.98 Å². The van der Waals surface area contributed by atoms with E-state index >= 15 is 0 Å². The van der Waals surface area contributed by atoms with Crippen LogP contribution in [0.4, 0.5) is 11.5 Å². The quantitative estimate of drug-likeness (QED) is 0.776. The first kappa shape index (κ1) is 13.6.